The zero-order valence-corrected chi connectivity index (χ0v) is 25.6. The maximum absolute atomic E-state index is 14.7. The van der Waals surface area contributed by atoms with Gasteiger partial charge in [-0.25, -0.2) is 0 Å². The van der Waals surface area contributed by atoms with Crippen LogP contribution in [0.25, 0.3) is 11.3 Å². The van der Waals surface area contributed by atoms with Crippen molar-refractivity contribution in [3.05, 3.63) is 153 Å². The van der Waals surface area contributed by atoms with Crippen molar-refractivity contribution in [1.29, 1.82) is 0 Å². The van der Waals surface area contributed by atoms with E-state index < -0.39 is 0 Å². The number of ketones is 3. The van der Waals surface area contributed by atoms with E-state index >= 15 is 0 Å². The SMILES string of the molecule is Cc1ccc(C(=O)c2c(C(=O)c3ccc(C)cc3)c(-c3ccccc3)n(C3CCCCC3)c2C(=O)c2ccc(C)cc2)cc1. The van der Waals surface area contributed by atoms with Gasteiger partial charge in [-0.1, -0.05) is 139 Å². The summed E-state index contributed by atoms with van der Waals surface area (Å²) in [6.45, 7) is 5.94. The lowest BCUT2D eigenvalue weighted by atomic mass is 9.90. The first kappa shape index (κ1) is 29.3. The molecule has 5 aromatic rings. The summed E-state index contributed by atoms with van der Waals surface area (Å²) in [6, 6.07) is 32.0. The maximum Gasteiger partial charge on any atom is 0.210 e. The molecule has 0 saturated heterocycles. The van der Waals surface area contributed by atoms with Crippen molar-refractivity contribution >= 4 is 17.3 Å². The van der Waals surface area contributed by atoms with Gasteiger partial charge in [-0.2, -0.15) is 0 Å². The molecule has 0 bridgehead atoms. The van der Waals surface area contributed by atoms with Crippen molar-refractivity contribution in [2.75, 3.05) is 0 Å². The van der Waals surface area contributed by atoms with E-state index in [1.807, 2.05) is 112 Å². The van der Waals surface area contributed by atoms with Crippen LogP contribution >= 0.6 is 0 Å². The van der Waals surface area contributed by atoms with Gasteiger partial charge in [0.05, 0.1) is 16.8 Å². The second-order valence-corrected chi connectivity index (χ2v) is 12.1. The van der Waals surface area contributed by atoms with Crippen molar-refractivity contribution < 1.29 is 14.4 Å². The molecule has 0 N–H and O–H groups in total. The number of hydrogen-bond donors (Lipinski definition) is 0. The third kappa shape index (κ3) is 5.60. The summed E-state index contributed by atoms with van der Waals surface area (Å²) in [5.41, 5.74) is 6.80. The summed E-state index contributed by atoms with van der Waals surface area (Å²) in [5.74, 6) is -0.819. The van der Waals surface area contributed by atoms with Crippen LogP contribution in [-0.4, -0.2) is 21.9 Å². The van der Waals surface area contributed by atoms with Gasteiger partial charge >= 0.3 is 0 Å². The smallest absolute Gasteiger partial charge is 0.210 e. The summed E-state index contributed by atoms with van der Waals surface area (Å²) in [5, 5.41) is 0. The third-order valence-corrected chi connectivity index (χ3v) is 8.80. The Hall–Kier alpha value is -4.83. The predicted octanol–water partition coefficient (Wildman–Crippen LogP) is 9.28. The van der Waals surface area contributed by atoms with Crippen LogP contribution in [0.5, 0.6) is 0 Å². The van der Waals surface area contributed by atoms with Crippen molar-refractivity contribution in [2.45, 2.75) is 58.9 Å². The molecule has 0 aliphatic heterocycles. The highest BCUT2D eigenvalue weighted by molar-refractivity contribution is 6.27. The molecule has 1 fully saturated rings. The standard InChI is InChI=1S/C40H37NO3/c1-26-14-20-30(21-15-26)38(42)34-35(39(43)31-22-16-27(2)17-23-31)37(40(44)32-24-18-28(3)19-25-32)41(33-12-8-5-9-13-33)36(34)29-10-6-4-7-11-29/h4,6-7,10-11,14-25,33H,5,8-9,12-13H2,1-3H3. The van der Waals surface area contributed by atoms with Gasteiger partial charge in [-0.05, 0) is 39.2 Å². The lowest BCUT2D eigenvalue weighted by Gasteiger charge is -2.28. The molecule has 1 aromatic heterocycles. The van der Waals surface area contributed by atoms with Crippen LogP contribution in [0.2, 0.25) is 0 Å². The minimum Gasteiger partial charge on any atom is -0.333 e. The van der Waals surface area contributed by atoms with Crippen molar-refractivity contribution in [3.63, 3.8) is 0 Å². The average molecular weight is 580 g/mol. The fourth-order valence-electron chi connectivity index (χ4n) is 6.38. The Morgan fingerprint density at radius 2 is 0.955 bits per heavy atom. The summed E-state index contributed by atoms with van der Waals surface area (Å²) in [7, 11) is 0. The van der Waals surface area contributed by atoms with Gasteiger partial charge in [-0.3, -0.25) is 14.4 Å². The molecule has 4 nitrogen and oxygen atoms in total. The number of hydrogen-bond acceptors (Lipinski definition) is 3. The first-order valence-electron chi connectivity index (χ1n) is 15.5. The van der Waals surface area contributed by atoms with Gasteiger partial charge in [0, 0.05) is 22.7 Å². The lowest BCUT2D eigenvalue weighted by Crippen LogP contribution is -2.21. The van der Waals surface area contributed by atoms with E-state index in [0.29, 0.717) is 33.6 Å². The van der Waals surface area contributed by atoms with Crippen molar-refractivity contribution in [1.82, 2.24) is 4.57 Å². The highest BCUT2D eigenvalue weighted by Gasteiger charge is 2.38. The minimum absolute atomic E-state index is 0.0208. The molecular weight excluding hydrogens is 542 g/mol. The second-order valence-electron chi connectivity index (χ2n) is 12.1. The molecule has 1 saturated carbocycles. The van der Waals surface area contributed by atoms with E-state index in [-0.39, 0.29) is 29.0 Å². The highest BCUT2D eigenvalue weighted by Crippen LogP contribution is 2.42. The molecule has 4 heteroatoms. The Bertz CT molecular complexity index is 1820. The van der Waals surface area contributed by atoms with E-state index in [2.05, 4.69) is 4.57 Å². The molecule has 44 heavy (non-hydrogen) atoms. The Morgan fingerprint density at radius 1 is 0.523 bits per heavy atom. The van der Waals surface area contributed by atoms with Gasteiger partial charge in [-0.15, -0.1) is 0 Å². The van der Waals surface area contributed by atoms with Gasteiger partial charge in [0.25, 0.3) is 0 Å². The molecule has 1 aliphatic carbocycles. The molecule has 1 aliphatic rings. The Kier molecular flexibility index (Phi) is 8.25. The number of rotatable bonds is 8. The van der Waals surface area contributed by atoms with Crippen LogP contribution in [0.15, 0.2) is 103 Å². The topological polar surface area (TPSA) is 56.1 Å². The molecule has 1 heterocycles. The summed E-state index contributed by atoms with van der Waals surface area (Å²) in [4.78, 5) is 44.2. The average Bonchev–Trinajstić information content (AvgIpc) is 3.42. The zero-order valence-electron chi connectivity index (χ0n) is 25.6. The number of aromatic nitrogens is 1. The first-order valence-corrected chi connectivity index (χ1v) is 15.5. The van der Waals surface area contributed by atoms with E-state index in [1.54, 1.807) is 12.1 Å². The van der Waals surface area contributed by atoms with Crippen LogP contribution < -0.4 is 0 Å². The minimum atomic E-state index is -0.317. The number of benzene rings is 4. The van der Waals surface area contributed by atoms with Crippen LogP contribution in [0.1, 0.15) is 103 Å². The fraction of sp³-hybridized carbons (Fsp3) is 0.225. The molecule has 220 valence electrons. The van der Waals surface area contributed by atoms with Crippen LogP contribution in [0, 0.1) is 20.8 Å². The Morgan fingerprint density at radius 3 is 1.43 bits per heavy atom. The summed E-state index contributed by atoms with van der Waals surface area (Å²) < 4.78 is 2.07. The second kappa shape index (κ2) is 12.4. The highest BCUT2D eigenvalue weighted by atomic mass is 16.1. The molecule has 0 radical (unpaired) electrons. The monoisotopic (exact) mass is 579 g/mol. The van der Waals surface area contributed by atoms with E-state index in [9.17, 15) is 14.4 Å². The molecule has 6 rings (SSSR count). The van der Waals surface area contributed by atoms with Crippen molar-refractivity contribution in [2.24, 2.45) is 0 Å². The lowest BCUT2D eigenvalue weighted by molar-refractivity contribution is 0.0988. The molecule has 0 unspecified atom stereocenters. The fourth-order valence-corrected chi connectivity index (χ4v) is 6.38. The van der Waals surface area contributed by atoms with Crippen LogP contribution in [0.4, 0.5) is 0 Å². The first-order chi connectivity index (χ1) is 21.3. The van der Waals surface area contributed by atoms with E-state index in [0.717, 1.165) is 54.4 Å². The summed E-state index contributed by atoms with van der Waals surface area (Å²) in [6.07, 6.45) is 4.93. The van der Waals surface area contributed by atoms with E-state index in [1.165, 1.54) is 0 Å². The van der Waals surface area contributed by atoms with Crippen LogP contribution in [-0.2, 0) is 0 Å². The van der Waals surface area contributed by atoms with Gasteiger partial charge in [0.1, 0.15) is 5.69 Å². The molecular formula is C40H37NO3. The molecule has 0 atom stereocenters. The maximum atomic E-state index is 14.7. The Labute approximate surface area is 259 Å². The van der Waals surface area contributed by atoms with Gasteiger partial charge in [0.15, 0.2) is 11.6 Å². The largest absolute Gasteiger partial charge is 0.333 e. The molecule has 0 spiro atoms. The quantitative estimate of drug-likeness (QED) is 0.172. The van der Waals surface area contributed by atoms with E-state index in [4.69, 9.17) is 0 Å². The number of carbonyl (C=O) groups is 3. The number of carbonyl (C=O) groups excluding carboxylic acids is 3. The molecule has 4 aromatic carbocycles. The third-order valence-electron chi connectivity index (χ3n) is 8.80. The van der Waals surface area contributed by atoms with Crippen LogP contribution in [0.3, 0.4) is 0 Å². The Balaban J connectivity index is 1.74. The zero-order chi connectivity index (χ0) is 30.8. The normalized spacial score (nSPS) is 13.5. The summed E-state index contributed by atoms with van der Waals surface area (Å²) >= 11 is 0. The molecule has 0 amide bonds. The number of nitrogens with zero attached hydrogens (tertiary/aromatic N) is 1. The van der Waals surface area contributed by atoms with Gasteiger partial charge in [0.2, 0.25) is 5.78 Å². The van der Waals surface area contributed by atoms with Gasteiger partial charge < -0.3 is 4.57 Å². The van der Waals surface area contributed by atoms with Crippen molar-refractivity contribution in [3.8, 4) is 11.3 Å². The predicted molar refractivity (Wildman–Crippen MR) is 176 cm³/mol. The number of aryl methyl sites for hydroxylation is 3.